The number of benzene rings is 1. The van der Waals surface area contributed by atoms with Crippen molar-refractivity contribution in [2.45, 2.75) is 18.9 Å². The van der Waals surface area contributed by atoms with E-state index < -0.39 is 0 Å². The molecule has 0 bridgehead atoms. The van der Waals surface area contributed by atoms with E-state index in [4.69, 9.17) is 0 Å². The van der Waals surface area contributed by atoms with Crippen molar-refractivity contribution in [2.24, 2.45) is 17.8 Å². The first-order chi connectivity index (χ1) is 11.6. The van der Waals surface area contributed by atoms with E-state index >= 15 is 0 Å². The quantitative estimate of drug-likeness (QED) is 0.870. The summed E-state index contributed by atoms with van der Waals surface area (Å²) in [6.07, 6.45) is 1.13. The molecular formula is C19H26ClN3O2. The highest BCUT2D eigenvalue weighted by molar-refractivity contribution is 5.85. The zero-order valence-electron chi connectivity index (χ0n) is 14.6. The third-order valence-electron chi connectivity index (χ3n) is 6.02. The highest BCUT2D eigenvalue weighted by Crippen LogP contribution is 2.38. The van der Waals surface area contributed by atoms with E-state index in [0.717, 1.165) is 31.7 Å². The number of nitrogens with zero attached hydrogens (tertiary/aromatic N) is 2. The predicted molar refractivity (Wildman–Crippen MR) is 98.4 cm³/mol. The van der Waals surface area contributed by atoms with Crippen LogP contribution in [0.1, 0.15) is 24.4 Å². The summed E-state index contributed by atoms with van der Waals surface area (Å²) in [7, 11) is 1.84. The lowest BCUT2D eigenvalue weighted by molar-refractivity contribution is -0.146. The molecule has 6 heteroatoms. The summed E-state index contributed by atoms with van der Waals surface area (Å²) in [5.74, 6) is 1.45. The Morgan fingerprint density at radius 3 is 2.40 bits per heavy atom. The van der Waals surface area contributed by atoms with Crippen molar-refractivity contribution in [2.75, 3.05) is 33.2 Å². The smallest absolute Gasteiger partial charge is 0.228 e. The maximum atomic E-state index is 13.2. The molecule has 3 saturated heterocycles. The highest BCUT2D eigenvalue weighted by Gasteiger charge is 2.44. The monoisotopic (exact) mass is 363 g/mol. The zero-order chi connectivity index (χ0) is 16.7. The molecule has 1 aromatic rings. The maximum absolute atomic E-state index is 13.2. The van der Waals surface area contributed by atoms with Crippen LogP contribution in [-0.2, 0) is 9.59 Å². The van der Waals surface area contributed by atoms with Gasteiger partial charge in [-0.05, 0) is 23.8 Å². The first-order valence-electron chi connectivity index (χ1n) is 8.95. The number of fused-ring (bicyclic) bond motifs is 1. The number of amides is 2. The van der Waals surface area contributed by atoms with Crippen molar-refractivity contribution < 1.29 is 9.59 Å². The Morgan fingerprint density at radius 2 is 1.76 bits per heavy atom. The lowest BCUT2D eigenvalue weighted by Gasteiger charge is -2.40. The molecule has 2 unspecified atom stereocenters. The van der Waals surface area contributed by atoms with Gasteiger partial charge < -0.3 is 15.1 Å². The van der Waals surface area contributed by atoms with Crippen LogP contribution in [0.5, 0.6) is 0 Å². The van der Waals surface area contributed by atoms with Gasteiger partial charge in [0.15, 0.2) is 0 Å². The zero-order valence-corrected chi connectivity index (χ0v) is 15.4. The normalized spacial score (nSPS) is 31.6. The summed E-state index contributed by atoms with van der Waals surface area (Å²) in [4.78, 5) is 29.3. The molecule has 4 rings (SSSR count). The molecule has 0 radical (unpaired) electrons. The average molecular weight is 364 g/mol. The van der Waals surface area contributed by atoms with E-state index in [2.05, 4.69) is 10.2 Å². The third kappa shape index (κ3) is 3.27. The van der Waals surface area contributed by atoms with E-state index in [1.807, 2.05) is 37.4 Å². The van der Waals surface area contributed by atoms with E-state index in [-0.39, 0.29) is 36.2 Å². The molecule has 3 heterocycles. The minimum Gasteiger partial charge on any atom is -0.342 e. The Bertz CT molecular complexity index is 627. The summed E-state index contributed by atoms with van der Waals surface area (Å²) in [6, 6.07) is 9.86. The van der Waals surface area contributed by atoms with Crippen LogP contribution in [-0.4, -0.2) is 54.8 Å². The van der Waals surface area contributed by atoms with Crippen LogP contribution in [0.15, 0.2) is 30.3 Å². The summed E-state index contributed by atoms with van der Waals surface area (Å²) in [6.45, 7) is 3.79. The van der Waals surface area contributed by atoms with E-state index in [9.17, 15) is 9.59 Å². The molecule has 0 aliphatic carbocycles. The third-order valence-corrected chi connectivity index (χ3v) is 6.02. The fraction of sp³-hybridized carbons (Fsp3) is 0.579. The minimum absolute atomic E-state index is 0. The predicted octanol–water partition coefficient (Wildman–Crippen LogP) is 1.70. The van der Waals surface area contributed by atoms with E-state index in [1.165, 1.54) is 0 Å². The fourth-order valence-electron chi connectivity index (χ4n) is 4.67. The molecule has 4 atom stereocenters. The number of carbonyl (C=O) groups excluding carboxylic acids is 2. The van der Waals surface area contributed by atoms with Crippen LogP contribution in [0.3, 0.4) is 0 Å². The molecule has 1 N–H and O–H groups in total. The topological polar surface area (TPSA) is 52.7 Å². The van der Waals surface area contributed by atoms with Gasteiger partial charge in [0.1, 0.15) is 0 Å². The molecule has 0 saturated carbocycles. The van der Waals surface area contributed by atoms with Crippen molar-refractivity contribution >= 4 is 24.2 Å². The summed E-state index contributed by atoms with van der Waals surface area (Å²) >= 11 is 0. The van der Waals surface area contributed by atoms with Gasteiger partial charge in [0.05, 0.1) is 12.0 Å². The molecule has 0 aromatic heterocycles. The Hall–Kier alpha value is -1.59. The van der Waals surface area contributed by atoms with Crippen molar-refractivity contribution in [3.8, 4) is 0 Å². The first-order valence-corrected chi connectivity index (χ1v) is 8.95. The van der Waals surface area contributed by atoms with Gasteiger partial charge in [0.2, 0.25) is 11.8 Å². The largest absolute Gasteiger partial charge is 0.342 e. The average Bonchev–Trinajstić information content (AvgIpc) is 3.19. The Morgan fingerprint density at radius 1 is 1.12 bits per heavy atom. The Kier molecular flexibility index (Phi) is 5.35. The SMILES string of the molecule is CN1C(=O)CCC(C(=O)N2C[C@H]3CNC[C@H]3C2)C1c1ccccc1.Cl. The number of hydrogen-bond acceptors (Lipinski definition) is 3. The maximum Gasteiger partial charge on any atom is 0.228 e. The fourth-order valence-corrected chi connectivity index (χ4v) is 4.67. The van der Waals surface area contributed by atoms with Gasteiger partial charge >= 0.3 is 0 Å². The summed E-state index contributed by atoms with van der Waals surface area (Å²) in [5.41, 5.74) is 1.06. The highest BCUT2D eigenvalue weighted by atomic mass is 35.5. The molecule has 136 valence electrons. The standard InChI is InChI=1S/C19H25N3O2.ClH/c1-21-17(23)8-7-16(18(21)13-5-3-2-4-6-13)19(24)22-11-14-9-20-10-15(14)12-22;/h2-6,14-16,18,20H,7-12H2,1H3;1H/t14-,15+,16?,18?;. The molecule has 3 aliphatic heterocycles. The molecular weight excluding hydrogens is 338 g/mol. The summed E-state index contributed by atoms with van der Waals surface area (Å²) in [5, 5.41) is 3.42. The second kappa shape index (κ2) is 7.34. The molecule has 0 spiro atoms. The number of likely N-dealkylation sites (tertiary alicyclic amines) is 2. The lowest BCUT2D eigenvalue weighted by atomic mass is 9.83. The number of piperidine rings is 1. The molecule has 3 fully saturated rings. The first kappa shape index (κ1) is 18.2. The number of nitrogens with one attached hydrogen (secondary N) is 1. The summed E-state index contributed by atoms with van der Waals surface area (Å²) < 4.78 is 0. The van der Waals surface area contributed by atoms with Gasteiger partial charge in [-0.3, -0.25) is 9.59 Å². The van der Waals surface area contributed by atoms with Crippen LogP contribution >= 0.6 is 12.4 Å². The minimum atomic E-state index is -0.140. The molecule has 5 nitrogen and oxygen atoms in total. The van der Waals surface area contributed by atoms with Gasteiger partial charge in [-0.2, -0.15) is 0 Å². The van der Waals surface area contributed by atoms with Crippen molar-refractivity contribution in [1.82, 2.24) is 15.1 Å². The molecule has 25 heavy (non-hydrogen) atoms. The van der Waals surface area contributed by atoms with Gasteiger partial charge in [-0.25, -0.2) is 0 Å². The van der Waals surface area contributed by atoms with Crippen molar-refractivity contribution in [3.05, 3.63) is 35.9 Å². The molecule has 1 aromatic carbocycles. The van der Waals surface area contributed by atoms with Crippen LogP contribution < -0.4 is 5.32 Å². The number of hydrogen-bond donors (Lipinski definition) is 1. The van der Waals surface area contributed by atoms with Crippen molar-refractivity contribution in [1.29, 1.82) is 0 Å². The Balaban J connectivity index is 0.00000182. The second-order valence-electron chi connectivity index (χ2n) is 7.43. The van der Waals surface area contributed by atoms with Gasteiger partial charge in [0.25, 0.3) is 0 Å². The van der Waals surface area contributed by atoms with E-state index in [0.29, 0.717) is 24.7 Å². The lowest BCUT2D eigenvalue weighted by Crippen LogP contribution is -2.47. The van der Waals surface area contributed by atoms with Crippen molar-refractivity contribution in [3.63, 3.8) is 0 Å². The number of halogens is 1. The Labute approximate surface area is 155 Å². The number of rotatable bonds is 2. The van der Waals surface area contributed by atoms with Crippen LogP contribution in [0.4, 0.5) is 0 Å². The van der Waals surface area contributed by atoms with E-state index in [1.54, 1.807) is 4.90 Å². The molecule has 3 aliphatic rings. The van der Waals surface area contributed by atoms with Gasteiger partial charge in [0, 0.05) is 39.6 Å². The van der Waals surface area contributed by atoms with Crippen LogP contribution in [0.25, 0.3) is 0 Å². The van der Waals surface area contributed by atoms with Crippen LogP contribution in [0.2, 0.25) is 0 Å². The number of carbonyl (C=O) groups is 2. The van der Waals surface area contributed by atoms with Gasteiger partial charge in [-0.15, -0.1) is 12.4 Å². The second-order valence-corrected chi connectivity index (χ2v) is 7.43. The van der Waals surface area contributed by atoms with Gasteiger partial charge in [-0.1, -0.05) is 30.3 Å². The molecule has 2 amide bonds. The van der Waals surface area contributed by atoms with Crippen LogP contribution in [0, 0.1) is 17.8 Å².